The highest BCUT2D eigenvalue weighted by atomic mass is 19.4. The lowest BCUT2D eigenvalue weighted by molar-refractivity contribution is -0.140. The number of halogens is 4. The number of hydrogen-bond donors (Lipinski definition) is 2. The fraction of sp³-hybridized carbons (Fsp3) is 0.643. The Kier molecular flexibility index (Phi) is 10.2. The number of rotatable bonds is 9. The number of nitrogens with two attached hydrogens (primary N) is 1. The number of hydrogen-bond acceptors (Lipinski definition) is 9. The first-order valence-electron chi connectivity index (χ1n) is 14.1. The molecule has 1 saturated heterocycles. The van der Waals surface area contributed by atoms with Crippen molar-refractivity contribution in [3.05, 3.63) is 34.1 Å². The topological polar surface area (TPSA) is 122 Å². The number of anilines is 2. The molecule has 2 aromatic rings. The molecule has 0 amide bonds. The number of alkyl halides is 4. The molecule has 0 radical (unpaired) electrons. The minimum Gasteiger partial charge on any atom is -0.463 e. The molecule has 4 heterocycles. The molecule has 41 heavy (non-hydrogen) atoms. The molecular weight excluding hydrogens is 542 g/mol. The van der Waals surface area contributed by atoms with E-state index >= 15 is 0 Å². The SMILES string of the molecule is CCN(CCCC#N)c1nc(OC[C@@H]2CCCNC[C@H](F)C2)nc2c1COC(c1nc(N)cc(C)c1C(F)(F)F)C2. The lowest BCUT2D eigenvalue weighted by Gasteiger charge is -2.31. The third kappa shape index (κ3) is 7.74. The summed E-state index contributed by atoms with van der Waals surface area (Å²) >= 11 is 0. The Morgan fingerprint density at radius 3 is 2.83 bits per heavy atom. The molecule has 1 fully saturated rings. The molecule has 0 spiro atoms. The Morgan fingerprint density at radius 1 is 1.29 bits per heavy atom. The van der Waals surface area contributed by atoms with Crippen molar-refractivity contribution in [2.45, 2.75) is 77.4 Å². The Labute approximate surface area is 237 Å². The van der Waals surface area contributed by atoms with E-state index in [4.69, 9.17) is 20.5 Å². The van der Waals surface area contributed by atoms with Gasteiger partial charge in [-0.25, -0.2) is 9.37 Å². The average molecular weight is 580 g/mol. The number of nitrogens with zero attached hydrogens (tertiary/aromatic N) is 5. The lowest BCUT2D eigenvalue weighted by Crippen LogP contribution is -2.32. The van der Waals surface area contributed by atoms with Crippen LogP contribution >= 0.6 is 0 Å². The predicted octanol–water partition coefficient (Wildman–Crippen LogP) is 4.83. The summed E-state index contributed by atoms with van der Waals surface area (Å²) < 4.78 is 68.4. The highest BCUT2D eigenvalue weighted by molar-refractivity contribution is 5.51. The van der Waals surface area contributed by atoms with Crippen molar-refractivity contribution in [3.63, 3.8) is 0 Å². The molecule has 3 atom stereocenters. The van der Waals surface area contributed by atoms with Gasteiger partial charge >= 0.3 is 12.2 Å². The van der Waals surface area contributed by atoms with Gasteiger partial charge in [0, 0.05) is 38.0 Å². The van der Waals surface area contributed by atoms with Crippen LogP contribution < -0.4 is 20.7 Å². The second-order valence-electron chi connectivity index (χ2n) is 10.6. The monoisotopic (exact) mass is 579 g/mol. The standard InChI is InChI=1S/C28H37F4N7O2/c1-3-39(10-5-4-8-33)26-20-16-40-22(25-24(28(30,31)32)17(2)11-23(34)37-25)13-21(20)36-27(38-26)41-15-18-7-6-9-35-14-19(29)12-18/h11,18-19,22,35H,3-7,9-10,12-16H2,1-2H3,(H2,34,37)/t18-,19-,22?/m1/s1. The van der Waals surface area contributed by atoms with E-state index in [-0.39, 0.29) is 48.6 Å². The number of unbranched alkanes of at least 4 members (excludes halogenated alkanes) is 1. The molecule has 13 heteroatoms. The van der Waals surface area contributed by atoms with Gasteiger partial charge in [-0.05, 0) is 63.6 Å². The first-order valence-corrected chi connectivity index (χ1v) is 14.1. The highest BCUT2D eigenvalue weighted by Gasteiger charge is 2.40. The molecule has 3 N–H and O–H groups in total. The summed E-state index contributed by atoms with van der Waals surface area (Å²) in [6.45, 7) is 5.67. The van der Waals surface area contributed by atoms with Gasteiger partial charge in [-0.1, -0.05) is 0 Å². The van der Waals surface area contributed by atoms with Crippen LogP contribution in [0.4, 0.5) is 29.2 Å². The number of nitrogen functional groups attached to an aromatic ring is 1. The summed E-state index contributed by atoms with van der Waals surface area (Å²) in [5, 5.41) is 12.1. The van der Waals surface area contributed by atoms with Crippen molar-refractivity contribution in [3.8, 4) is 12.1 Å². The van der Waals surface area contributed by atoms with Crippen molar-refractivity contribution in [1.82, 2.24) is 20.3 Å². The molecule has 0 aliphatic carbocycles. The van der Waals surface area contributed by atoms with E-state index in [0.29, 0.717) is 56.0 Å². The maximum absolute atomic E-state index is 14.3. The maximum atomic E-state index is 14.3. The van der Waals surface area contributed by atoms with Crippen LogP contribution in [-0.2, 0) is 23.9 Å². The van der Waals surface area contributed by atoms with E-state index in [9.17, 15) is 17.6 Å². The number of ether oxygens (including phenoxy) is 2. The summed E-state index contributed by atoms with van der Waals surface area (Å²) in [6, 6.07) is 3.42. The van der Waals surface area contributed by atoms with Crippen molar-refractivity contribution in [2.75, 3.05) is 43.4 Å². The van der Waals surface area contributed by atoms with Crippen molar-refractivity contribution >= 4 is 11.6 Å². The molecule has 9 nitrogen and oxygen atoms in total. The second-order valence-corrected chi connectivity index (χ2v) is 10.6. The first-order chi connectivity index (χ1) is 19.6. The number of pyridine rings is 1. The molecule has 0 bridgehead atoms. The van der Waals surface area contributed by atoms with Crippen molar-refractivity contribution in [1.29, 1.82) is 5.26 Å². The molecule has 2 aliphatic rings. The van der Waals surface area contributed by atoms with Gasteiger partial charge in [0.15, 0.2) is 0 Å². The van der Waals surface area contributed by atoms with Crippen LogP contribution in [0.3, 0.4) is 0 Å². The smallest absolute Gasteiger partial charge is 0.418 e. The van der Waals surface area contributed by atoms with Gasteiger partial charge in [-0.15, -0.1) is 0 Å². The predicted molar refractivity (Wildman–Crippen MR) is 145 cm³/mol. The summed E-state index contributed by atoms with van der Waals surface area (Å²) in [7, 11) is 0. The van der Waals surface area contributed by atoms with Crippen molar-refractivity contribution in [2.24, 2.45) is 5.92 Å². The number of nitrogens with one attached hydrogen (secondary N) is 1. The van der Waals surface area contributed by atoms with E-state index in [1.807, 2.05) is 11.8 Å². The Hall–Kier alpha value is -3.24. The Morgan fingerprint density at radius 2 is 2.10 bits per heavy atom. The number of aryl methyl sites for hydroxylation is 1. The van der Waals surface area contributed by atoms with Crippen molar-refractivity contribution < 1.29 is 27.0 Å². The summed E-state index contributed by atoms with van der Waals surface area (Å²) in [5.74, 6) is 0.516. The fourth-order valence-corrected chi connectivity index (χ4v) is 5.50. The number of fused-ring (bicyclic) bond motifs is 1. The van der Waals surface area contributed by atoms with Crippen LogP contribution in [0.2, 0.25) is 0 Å². The van der Waals surface area contributed by atoms with Gasteiger partial charge in [0.25, 0.3) is 0 Å². The molecule has 0 aromatic carbocycles. The minimum atomic E-state index is -4.64. The van der Waals surface area contributed by atoms with Crippen LogP contribution in [0.1, 0.15) is 73.2 Å². The van der Waals surface area contributed by atoms with Gasteiger partial charge < -0.3 is 25.4 Å². The number of nitriles is 1. The van der Waals surface area contributed by atoms with Gasteiger partial charge in [-0.2, -0.15) is 28.4 Å². The lowest BCUT2D eigenvalue weighted by atomic mass is 9.96. The van der Waals surface area contributed by atoms with Gasteiger partial charge in [0.05, 0.1) is 36.2 Å². The second kappa shape index (κ2) is 13.6. The molecule has 1 unspecified atom stereocenters. The minimum absolute atomic E-state index is 0.0115. The first kappa shape index (κ1) is 30.7. The molecule has 4 rings (SSSR count). The third-order valence-corrected chi connectivity index (χ3v) is 7.48. The quantitative estimate of drug-likeness (QED) is 0.318. The van der Waals surface area contributed by atoms with E-state index in [1.165, 1.54) is 13.0 Å². The summed E-state index contributed by atoms with van der Waals surface area (Å²) in [6.07, 6.45) is -3.62. The molecule has 2 aromatic heterocycles. The highest BCUT2D eigenvalue weighted by Crippen LogP contribution is 2.41. The zero-order valence-corrected chi connectivity index (χ0v) is 23.4. The van der Waals surface area contributed by atoms with Crippen LogP contribution in [0, 0.1) is 24.2 Å². The van der Waals surface area contributed by atoms with E-state index < -0.39 is 24.0 Å². The van der Waals surface area contributed by atoms with Crippen LogP contribution in [0.15, 0.2) is 6.07 Å². The van der Waals surface area contributed by atoms with Gasteiger partial charge in [0.1, 0.15) is 23.9 Å². The Bertz CT molecular complexity index is 1240. The zero-order valence-electron chi connectivity index (χ0n) is 23.4. The average Bonchev–Trinajstić information content (AvgIpc) is 2.90. The zero-order chi connectivity index (χ0) is 29.6. The summed E-state index contributed by atoms with van der Waals surface area (Å²) in [5.41, 5.74) is 5.82. The largest absolute Gasteiger partial charge is 0.463 e. The molecule has 2 aliphatic heterocycles. The Balaban J connectivity index is 1.67. The third-order valence-electron chi connectivity index (χ3n) is 7.48. The van der Waals surface area contributed by atoms with Crippen LogP contribution in [-0.4, -0.2) is 53.9 Å². The fourth-order valence-electron chi connectivity index (χ4n) is 5.50. The van der Waals surface area contributed by atoms with Crippen LogP contribution in [0.5, 0.6) is 6.01 Å². The van der Waals surface area contributed by atoms with Crippen LogP contribution in [0.25, 0.3) is 0 Å². The molecular formula is C28H37F4N7O2. The molecule has 0 saturated carbocycles. The molecule has 224 valence electrons. The summed E-state index contributed by atoms with van der Waals surface area (Å²) in [4.78, 5) is 15.3. The number of aromatic nitrogens is 3. The maximum Gasteiger partial charge on any atom is 0.418 e. The van der Waals surface area contributed by atoms with E-state index in [0.717, 1.165) is 19.4 Å². The normalized spacial score (nSPS) is 21.3. The van der Waals surface area contributed by atoms with E-state index in [2.05, 4.69) is 26.3 Å². The van der Waals surface area contributed by atoms with Gasteiger partial charge in [-0.3, -0.25) is 0 Å². The van der Waals surface area contributed by atoms with E-state index in [1.54, 1.807) is 0 Å². The van der Waals surface area contributed by atoms with Gasteiger partial charge in [0.2, 0.25) is 0 Å².